The van der Waals surface area contributed by atoms with E-state index in [-0.39, 0.29) is 11.7 Å². The van der Waals surface area contributed by atoms with Crippen molar-refractivity contribution in [3.05, 3.63) is 35.4 Å². The molecular formula is C14H18N4O3. The van der Waals surface area contributed by atoms with E-state index in [4.69, 9.17) is 9.47 Å². The van der Waals surface area contributed by atoms with Crippen LogP contribution in [0.2, 0.25) is 0 Å². The molecule has 0 atom stereocenters. The molecule has 1 aromatic carbocycles. The zero-order valence-electron chi connectivity index (χ0n) is 12.3. The Morgan fingerprint density at radius 3 is 2.67 bits per heavy atom. The molecule has 0 fully saturated rings. The number of aryl methyl sites for hydroxylation is 1. The number of H-pyrrole nitrogens is 1. The Balaban J connectivity index is 1.90. The van der Waals surface area contributed by atoms with Gasteiger partial charge < -0.3 is 14.8 Å². The molecule has 21 heavy (non-hydrogen) atoms. The van der Waals surface area contributed by atoms with Crippen LogP contribution in [0, 0.1) is 6.92 Å². The van der Waals surface area contributed by atoms with Crippen LogP contribution in [-0.4, -0.2) is 41.9 Å². The van der Waals surface area contributed by atoms with Gasteiger partial charge in [-0.3, -0.25) is 9.89 Å². The van der Waals surface area contributed by atoms with E-state index in [0.29, 0.717) is 30.3 Å². The van der Waals surface area contributed by atoms with Gasteiger partial charge in [-0.15, -0.1) is 5.10 Å². The van der Waals surface area contributed by atoms with Crippen LogP contribution in [0.5, 0.6) is 11.5 Å². The number of nitrogens with one attached hydrogen (secondary N) is 2. The maximum Gasteiger partial charge on any atom is 0.290 e. The number of ether oxygens (including phenoxy) is 2. The van der Waals surface area contributed by atoms with Crippen LogP contribution in [0.15, 0.2) is 18.2 Å². The lowest BCUT2D eigenvalue weighted by Gasteiger charge is -2.09. The highest BCUT2D eigenvalue weighted by Crippen LogP contribution is 2.27. The van der Waals surface area contributed by atoms with Gasteiger partial charge in [-0.1, -0.05) is 6.07 Å². The van der Waals surface area contributed by atoms with E-state index in [2.05, 4.69) is 20.5 Å². The maximum atomic E-state index is 11.8. The summed E-state index contributed by atoms with van der Waals surface area (Å²) in [4.78, 5) is 15.7. The van der Waals surface area contributed by atoms with Gasteiger partial charge in [-0.05, 0) is 31.0 Å². The Morgan fingerprint density at radius 1 is 1.29 bits per heavy atom. The van der Waals surface area contributed by atoms with Crippen LogP contribution >= 0.6 is 0 Å². The second kappa shape index (κ2) is 6.74. The lowest BCUT2D eigenvalue weighted by atomic mass is 10.1. The topological polar surface area (TPSA) is 89.1 Å². The standard InChI is InChI=1S/C14H18N4O3/c1-9-16-13(18-17-9)14(19)15-7-6-10-4-5-11(20-2)12(8-10)21-3/h4-5,8H,6-7H2,1-3H3,(H,15,19)(H,16,17,18). The molecule has 1 aromatic heterocycles. The molecule has 0 aliphatic rings. The third-order valence-electron chi connectivity index (χ3n) is 2.95. The van der Waals surface area contributed by atoms with Crippen LogP contribution in [-0.2, 0) is 6.42 Å². The van der Waals surface area contributed by atoms with E-state index in [9.17, 15) is 4.79 Å². The summed E-state index contributed by atoms with van der Waals surface area (Å²) < 4.78 is 10.4. The second-order valence-electron chi connectivity index (χ2n) is 4.44. The zero-order valence-corrected chi connectivity index (χ0v) is 12.3. The molecule has 0 aliphatic carbocycles. The van der Waals surface area contributed by atoms with Crippen molar-refractivity contribution in [2.75, 3.05) is 20.8 Å². The molecule has 0 saturated carbocycles. The smallest absolute Gasteiger partial charge is 0.290 e. The summed E-state index contributed by atoms with van der Waals surface area (Å²) in [5.41, 5.74) is 1.04. The largest absolute Gasteiger partial charge is 0.493 e. The zero-order chi connectivity index (χ0) is 15.2. The Morgan fingerprint density at radius 2 is 2.05 bits per heavy atom. The second-order valence-corrected chi connectivity index (χ2v) is 4.44. The predicted octanol–water partition coefficient (Wildman–Crippen LogP) is 1.10. The molecule has 1 heterocycles. The lowest BCUT2D eigenvalue weighted by Crippen LogP contribution is -2.26. The number of rotatable bonds is 6. The molecule has 0 radical (unpaired) electrons. The van der Waals surface area contributed by atoms with Gasteiger partial charge in [0.2, 0.25) is 5.82 Å². The number of benzene rings is 1. The maximum absolute atomic E-state index is 11.8. The number of hydrogen-bond acceptors (Lipinski definition) is 5. The minimum absolute atomic E-state index is 0.153. The van der Waals surface area contributed by atoms with Crippen LogP contribution in [0.25, 0.3) is 0 Å². The Bertz CT molecular complexity index is 624. The third-order valence-corrected chi connectivity index (χ3v) is 2.95. The fourth-order valence-electron chi connectivity index (χ4n) is 1.88. The Hall–Kier alpha value is -2.57. The first-order valence-corrected chi connectivity index (χ1v) is 6.52. The Labute approximate surface area is 122 Å². The van der Waals surface area contributed by atoms with E-state index in [0.717, 1.165) is 5.56 Å². The molecule has 1 amide bonds. The minimum atomic E-state index is -0.292. The third kappa shape index (κ3) is 3.71. The van der Waals surface area contributed by atoms with Crippen LogP contribution in [0.1, 0.15) is 22.0 Å². The number of amides is 1. The van der Waals surface area contributed by atoms with Crippen molar-refractivity contribution >= 4 is 5.91 Å². The number of nitrogens with zero attached hydrogens (tertiary/aromatic N) is 2. The summed E-state index contributed by atoms with van der Waals surface area (Å²) in [7, 11) is 3.19. The highest BCUT2D eigenvalue weighted by molar-refractivity contribution is 5.90. The van der Waals surface area contributed by atoms with Gasteiger partial charge in [-0.2, -0.15) is 0 Å². The van der Waals surface area contributed by atoms with Gasteiger partial charge in [0, 0.05) is 6.54 Å². The first-order valence-electron chi connectivity index (χ1n) is 6.52. The highest BCUT2D eigenvalue weighted by atomic mass is 16.5. The van der Waals surface area contributed by atoms with Gasteiger partial charge in [0.05, 0.1) is 14.2 Å². The molecule has 2 aromatic rings. The van der Waals surface area contributed by atoms with Gasteiger partial charge in [0.15, 0.2) is 11.5 Å². The van der Waals surface area contributed by atoms with Crippen LogP contribution in [0.4, 0.5) is 0 Å². The molecule has 0 aliphatic heterocycles. The predicted molar refractivity (Wildman–Crippen MR) is 76.7 cm³/mol. The fraction of sp³-hybridized carbons (Fsp3) is 0.357. The van der Waals surface area contributed by atoms with Crippen molar-refractivity contribution in [3.8, 4) is 11.5 Å². The molecule has 112 valence electrons. The lowest BCUT2D eigenvalue weighted by molar-refractivity contribution is 0.0944. The average molecular weight is 290 g/mol. The molecule has 7 nitrogen and oxygen atoms in total. The van der Waals surface area contributed by atoms with Crippen molar-refractivity contribution in [3.63, 3.8) is 0 Å². The monoisotopic (exact) mass is 290 g/mol. The average Bonchev–Trinajstić information content (AvgIpc) is 2.93. The van der Waals surface area contributed by atoms with E-state index in [1.807, 2.05) is 18.2 Å². The molecule has 0 saturated heterocycles. The van der Waals surface area contributed by atoms with Crippen molar-refractivity contribution in [1.29, 1.82) is 0 Å². The first kappa shape index (κ1) is 14.8. The minimum Gasteiger partial charge on any atom is -0.493 e. The van der Waals surface area contributed by atoms with Crippen molar-refractivity contribution in [2.24, 2.45) is 0 Å². The van der Waals surface area contributed by atoms with Gasteiger partial charge >= 0.3 is 0 Å². The quantitative estimate of drug-likeness (QED) is 0.831. The van der Waals surface area contributed by atoms with Crippen LogP contribution < -0.4 is 14.8 Å². The molecule has 0 bridgehead atoms. The van der Waals surface area contributed by atoms with E-state index in [1.54, 1.807) is 21.1 Å². The number of aromatic amines is 1. The van der Waals surface area contributed by atoms with Crippen molar-refractivity contribution in [2.45, 2.75) is 13.3 Å². The normalized spacial score (nSPS) is 10.2. The number of carbonyl (C=O) groups excluding carboxylic acids is 1. The van der Waals surface area contributed by atoms with E-state index in [1.165, 1.54) is 0 Å². The van der Waals surface area contributed by atoms with Gasteiger partial charge in [0.1, 0.15) is 5.82 Å². The summed E-state index contributed by atoms with van der Waals surface area (Å²) in [5, 5.41) is 9.21. The molecule has 2 N–H and O–H groups in total. The van der Waals surface area contributed by atoms with Crippen molar-refractivity contribution in [1.82, 2.24) is 20.5 Å². The SMILES string of the molecule is COc1ccc(CCNC(=O)c2n[nH]c(C)n2)cc1OC. The molecule has 0 unspecified atom stereocenters. The van der Waals surface area contributed by atoms with E-state index >= 15 is 0 Å². The number of aromatic nitrogens is 3. The Kier molecular flexibility index (Phi) is 4.76. The number of methoxy groups -OCH3 is 2. The number of hydrogen-bond donors (Lipinski definition) is 2. The number of carbonyl (C=O) groups is 1. The summed E-state index contributed by atoms with van der Waals surface area (Å²) in [6, 6.07) is 5.67. The fourth-order valence-corrected chi connectivity index (χ4v) is 1.88. The van der Waals surface area contributed by atoms with Gasteiger partial charge in [-0.25, -0.2) is 4.98 Å². The van der Waals surface area contributed by atoms with Gasteiger partial charge in [0.25, 0.3) is 5.91 Å². The molecular weight excluding hydrogens is 272 g/mol. The summed E-state index contributed by atoms with van der Waals surface area (Å²) in [6.07, 6.45) is 0.676. The molecule has 7 heteroatoms. The van der Waals surface area contributed by atoms with Crippen LogP contribution in [0.3, 0.4) is 0 Å². The van der Waals surface area contributed by atoms with Crippen molar-refractivity contribution < 1.29 is 14.3 Å². The summed E-state index contributed by atoms with van der Waals surface area (Å²) >= 11 is 0. The molecule has 0 spiro atoms. The summed E-state index contributed by atoms with van der Waals surface area (Å²) in [5.74, 6) is 1.83. The summed E-state index contributed by atoms with van der Waals surface area (Å²) in [6.45, 7) is 2.23. The van der Waals surface area contributed by atoms with E-state index < -0.39 is 0 Å². The molecule has 2 rings (SSSR count). The first-order chi connectivity index (χ1) is 10.1. The highest BCUT2D eigenvalue weighted by Gasteiger charge is 2.10.